The molecule has 1 heterocycles. The Hall–Kier alpha value is -1.26. The molecule has 2 rings (SSSR count). The summed E-state index contributed by atoms with van der Waals surface area (Å²) in [6.45, 7) is 10.5. The van der Waals surface area contributed by atoms with E-state index < -0.39 is 0 Å². The lowest BCUT2D eigenvalue weighted by Crippen LogP contribution is -2.19. The van der Waals surface area contributed by atoms with Crippen molar-refractivity contribution in [1.82, 2.24) is 10.3 Å². The van der Waals surface area contributed by atoms with Crippen LogP contribution in [0.2, 0.25) is 0 Å². The number of hydrogen-bond acceptors (Lipinski definition) is 3. The molecule has 21 heavy (non-hydrogen) atoms. The molecule has 0 aliphatic rings. The first-order valence-corrected chi connectivity index (χ1v) is 8.20. The van der Waals surface area contributed by atoms with Crippen molar-refractivity contribution in [2.75, 3.05) is 6.54 Å². The van der Waals surface area contributed by atoms with Crippen LogP contribution >= 0.6 is 11.3 Å². The van der Waals surface area contributed by atoms with E-state index in [1.54, 1.807) is 23.5 Å². The molecule has 0 radical (unpaired) electrons. The summed E-state index contributed by atoms with van der Waals surface area (Å²) >= 11 is 1.66. The highest BCUT2D eigenvalue weighted by Gasteiger charge is 2.23. The van der Waals surface area contributed by atoms with Gasteiger partial charge in [-0.3, -0.25) is 0 Å². The largest absolute Gasteiger partial charge is 0.312 e. The zero-order valence-corrected chi connectivity index (χ0v) is 14.0. The second-order valence-corrected chi connectivity index (χ2v) is 7.31. The second-order valence-electron chi connectivity index (χ2n) is 6.23. The zero-order chi connectivity index (χ0) is 15.5. The third-order valence-electron chi connectivity index (χ3n) is 3.19. The van der Waals surface area contributed by atoms with E-state index in [2.05, 4.69) is 33.0 Å². The first-order chi connectivity index (χ1) is 9.91. The lowest BCUT2D eigenvalue weighted by molar-refractivity contribution is 0.559. The summed E-state index contributed by atoms with van der Waals surface area (Å²) in [6.07, 6.45) is 1.11. The third kappa shape index (κ3) is 4.11. The van der Waals surface area contributed by atoms with Gasteiger partial charge in [-0.25, -0.2) is 9.37 Å². The number of nitrogens with one attached hydrogen (secondary N) is 1. The number of nitrogens with zero attached hydrogens (tertiary/aromatic N) is 1. The van der Waals surface area contributed by atoms with Gasteiger partial charge in [0, 0.05) is 22.4 Å². The fraction of sp³-hybridized carbons (Fsp3) is 0.471. The smallest absolute Gasteiger partial charge is 0.124 e. The van der Waals surface area contributed by atoms with Gasteiger partial charge in [-0.05, 0) is 25.1 Å². The standard InChI is InChI=1S/C17H23FN2S/c1-5-9-19-11-14-15(17(2,3)4)20-16(21-14)12-7-6-8-13(18)10-12/h6-8,10,19H,5,9,11H2,1-4H3. The summed E-state index contributed by atoms with van der Waals surface area (Å²) in [7, 11) is 0. The molecule has 0 unspecified atom stereocenters. The SMILES string of the molecule is CCCNCc1sc(-c2cccc(F)c2)nc1C(C)(C)C. The van der Waals surface area contributed by atoms with Crippen molar-refractivity contribution >= 4 is 11.3 Å². The van der Waals surface area contributed by atoms with Gasteiger partial charge in [0.15, 0.2) is 0 Å². The van der Waals surface area contributed by atoms with Crippen molar-refractivity contribution in [1.29, 1.82) is 0 Å². The fourth-order valence-electron chi connectivity index (χ4n) is 2.18. The quantitative estimate of drug-likeness (QED) is 0.807. The van der Waals surface area contributed by atoms with Gasteiger partial charge in [0.05, 0.1) is 5.69 Å². The number of hydrogen-bond donors (Lipinski definition) is 1. The van der Waals surface area contributed by atoms with E-state index in [-0.39, 0.29) is 11.2 Å². The van der Waals surface area contributed by atoms with E-state index in [1.165, 1.54) is 10.9 Å². The molecule has 114 valence electrons. The van der Waals surface area contributed by atoms with Crippen molar-refractivity contribution in [3.8, 4) is 10.6 Å². The molecule has 1 N–H and O–H groups in total. The molecule has 0 saturated heterocycles. The van der Waals surface area contributed by atoms with Crippen LogP contribution in [0.15, 0.2) is 24.3 Å². The van der Waals surface area contributed by atoms with E-state index in [1.807, 2.05) is 6.07 Å². The minimum atomic E-state index is -0.217. The molecule has 2 nitrogen and oxygen atoms in total. The van der Waals surface area contributed by atoms with E-state index in [0.29, 0.717) is 0 Å². The maximum Gasteiger partial charge on any atom is 0.124 e. The third-order valence-corrected chi connectivity index (χ3v) is 4.30. The highest BCUT2D eigenvalue weighted by atomic mass is 32.1. The van der Waals surface area contributed by atoms with Crippen LogP contribution in [0, 0.1) is 5.82 Å². The van der Waals surface area contributed by atoms with Crippen molar-refractivity contribution in [2.45, 2.75) is 46.1 Å². The molecule has 0 amide bonds. The van der Waals surface area contributed by atoms with Gasteiger partial charge in [-0.2, -0.15) is 0 Å². The lowest BCUT2D eigenvalue weighted by Gasteiger charge is -2.17. The molecule has 0 fully saturated rings. The van der Waals surface area contributed by atoms with Gasteiger partial charge in [-0.15, -0.1) is 11.3 Å². The number of rotatable bonds is 5. The summed E-state index contributed by atoms with van der Waals surface area (Å²) in [5, 5.41) is 4.33. The molecule has 1 aromatic heterocycles. The van der Waals surface area contributed by atoms with Crippen LogP contribution in [0.3, 0.4) is 0 Å². The first-order valence-electron chi connectivity index (χ1n) is 7.38. The second kappa shape index (κ2) is 6.67. The van der Waals surface area contributed by atoms with Gasteiger partial charge in [0.1, 0.15) is 10.8 Å². The predicted octanol–water partition coefficient (Wildman–Crippen LogP) is 4.75. The average Bonchev–Trinajstić information content (AvgIpc) is 2.83. The van der Waals surface area contributed by atoms with E-state index >= 15 is 0 Å². The Bertz CT molecular complexity index is 599. The average molecular weight is 306 g/mol. The molecular formula is C17H23FN2S. The number of aromatic nitrogens is 1. The minimum Gasteiger partial charge on any atom is -0.312 e. The highest BCUT2D eigenvalue weighted by Crippen LogP contribution is 2.34. The summed E-state index contributed by atoms with van der Waals surface area (Å²) < 4.78 is 13.4. The van der Waals surface area contributed by atoms with E-state index in [0.717, 1.165) is 35.8 Å². The van der Waals surface area contributed by atoms with Crippen LogP contribution in [0.1, 0.15) is 44.7 Å². The van der Waals surface area contributed by atoms with Crippen molar-refractivity contribution in [3.05, 3.63) is 40.7 Å². The van der Waals surface area contributed by atoms with Crippen LogP contribution in [0.5, 0.6) is 0 Å². The molecule has 0 aliphatic carbocycles. The Morgan fingerprint density at radius 2 is 2.05 bits per heavy atom. The Morgan fingerprint density at radius 1 is 1.29 bits per heavy atom. The molecule has 0 atom stereocenters. The summed E-state index contributed by atoms with van der Waals surface area (Å²) in [4.78, 5) is 6.03. The lowest BCUT2D eigenvalue weighted by atomic mass is 9.91. The topological polar surface area (TPSA) is 24.9 Å². The maximum absolute atomic E-state index is 13.4. The van der Waals surface area contributed by atoms with Crippen LogP contribution in [0.25, 0.3) is 10.6 Å². The zero-order valence-electron chi connectivity index (χ0n) is 13.2. The van der Waals surface area contributed by atoms with Crippen molar-refractivity contribution in [2.24, 2.45) is 0 Å². The molecule has 0 saturated carbocycles. The van der Waals surface area contributed by atoms with Gasteiger partial charge < -0.3 is 5.32 Å². The predicted molar refractivity (Wildman–Crippen MR) is 88.2 cm³/mol. The maximum atomic E-state index is 13.4. The Labute approximate surface area is 130 Å². The normalized spacial score (nSPS) is 11.9. The summed E-state index contributed by atoms with van der Waals surface area (Å²) in [5.41, 5.74) is 1.95. The minimum absolute atomic E-state index is 0.00863. The van der Waals surface area contributed by atoms with Crippen molar-refractivity contribution < 1.29 is 4.39 Å². The molecule has 1 aromatic carbocycles. The highest BCUT2D eigenvalue weighted by molar-refractivity contribution is 7.15. The Morgan fingerprint density at radius 3 is 2.67 bits per heavy atom. The number of halogens is 1. The fourth-order valence-corrected chi connectivity index (χ4v) is 3.42. The van der Waals surface area contributed by atoms with Crippen LogP contribution in [0.4, 0.5) is 4.39 Å². The summed E-state index contributed by atoms with van der Waals surface area (Å²) in [5.74, 6) is -0.217. The first kappa shape index (κ1) is 16.1. The summed E-state index contributed by atoms with van der Waals surface area (Å²) in [6, 6.07) is 6.66. The Kier molecular flexibility index (Phi) is 5.12. The molecule has 0 aliphatic heterocycles. The number of benzene rings is 1. The van der Waals surface area contributed by atoms with Crippen molar-refractivity contribution in [3.63, 3.8) is 0 Å². The number of thiazole rings is 1. The molecule has 2 aromatic rings. The van der Waals surface area contributed by atoms with E-state index in [9.17, 15) is 4.39 Å². The van der Waals surface area contributed by atoms with Crippen LogP contribution in [-0.2, 0) is 12.0 Å². The van der Waals surface area contributed by atoms with Gasteiger partial charge in [0.2, 0.25) is 0 Å². The molecular weight excluding hydrogens is 283 g/mol. The molecule has 0 bridgehead atoms. The van der Waals surface area contributed by atoms with E-state index in [4.69, 9.17) is 4.98 Å². The van der Waals surface area contributed by atoms with Crippen LogP contribution < -0.4 is 5.32 Å². The molecule has 4 heteroatoms. The Balaban J connectivity index is 2.36. The van der Waals surface area contributed by atoms with Gasteiger partial charge >= 0.3 is 0 Å². The van der Waals surface area contributed by atoms with Crippen LogP contribution in [-0.4, -0.2) is 11.5 Å². The monoisotopic (exact) mass is 306 g/mol. The van der Waals surface area contributed by atoms with Gasteiger partial charge in [-0.1, -0.05) is 39.8 Å². The van der Waals surface area contributed by atoms with Gasteiger partial charge in [0.25, 0.3) is 0 Å². The molecule has 0 spiro atoms.